The summed E-state index contributed by atoms with van der Waals surface area (Å²) < 4.78 is 13.2. The third kappa shape index (κ3) is 1.49. The van der Waals surface area contributed by atoms with Crippen LogP contribution in [0.25, 0.3) is 0 Å². The molecule has 4 heteroatoms. The summed E-state index contributed by atoms with van der Waals surface area (Å²) in [6.07, 6.45) is 1.51. The second-order valence-corrected chi connectivity index (χ2v) is 3.00. The molecule has 0 saturated carbocycles. The maximum Gasteiger partial charge on any atom is 0.170 e. The van der Waals surface area contributed by atoms with E-state index in [4.69, 9.17) is 0 Å². The predicted octanol–water partition coefficient (Wildman–Crippen LogP) is 2.75. The van der Waals surface area contributed by atoms with Gasteiger partial charge in [-0.05, 0) is 37.9 Å². The van der Waals surface area contributed by atoms with Gasteiger partial charge in [-0.3, -0.25) is 0 Å². The van der Waals surface area contributed by atoms with Crippen molar-refractivity contribution in [1.82, 2.24) is 4.98 Å². The number of aromatic nitrogens is 1. The van der Waals surface area contributed by atoms with Crippen molar-refractivity contribution in [2.45, 2.75) is 0 Å². The Hall–Kier alpha value is 0.0400. The Morgan fingerprint density at radius 2 is 2.11 bits per heavy atom. The molecule has 1 aromatic heterocycles. The topological polar surface area (TPSA) is 12.9 Å². The summed E-state index contributed by atoms with van der Waals surface area (Å²) in [5.41, 5.74) is 0. The predicted molar refractivity (Wildman–Crippen MR) is 39.6 cm³/mol. The zero-order chi connectivity index (χ0) is 6.85. The smallest absolute Gasteiger partial charge is 0.170 e. The zero-order valence-corrected chi connectivity index (χ0v) is 7.41. The first kappa shape index (κ1) is 7.15. The van der Waals surface area contributed by atoms with Crippen molar-refractivity contribution in [3.05, 3.63) is 27.2 Å². The second kappa shape index (κ2) is 2.75. The number of hydrogen-bond donors (Lipinski definition) is 0. The summed E-state index contributed by atoms with van der Waals surface area (Å²) in [7, 11) is 0. The van der Waals surface area contributed by atoms with Gasteiger partial charge in [-0.1, -0.05) is 0 Å². The first-order chi connectivity index (χ1) is 4.22. The molecule has 0 N–H and O–H groups in total. The van der Waals surface area contributed by atoms with E-state index in [-0.39, 0.29) is 10.4 Å². The molecule has 0 atom stereocenters. The number of pyridine rings is 1. The molecule has 0 spiro atoms. The van der Waals surface area contributed by atoms with Crippen LogP contribution in [0.1, 0.15) is 0 Å². The van der Waals surface area contributed by atoms with Gasteiger partial charge in [0.25, 0.3) is 0 Å². The second-order valence-electron chi connectivity index (χ2n) is 1.40. The van der Waals surface area contributed by atoms with E-state index in [1.165, 1.54) is 6.20 Å². The van der Waals surface area contributed by atoms with Crippen molar-refractivity contribution < 1.29 is 4.39 Å². The van der Waals surface area contributed by atoms with Crippen molar-refractivity contribution >= 4 is 31.9 Å². The molecule has 0 saturated heterocycles. The summed E-state index contributed by atoms with van der Waals surface area (Å²) in [5, 5.41) is 0. The van der Waals surface area contributed by atoms with Crippen LogP contribution in [0, 0.1) is 5.82 Å². The van der Waals surface area contributed by atoms with E-state index in [1.54, 1.807) is 6.07 Å². The molecule has 1 rings (SSSR count). The molecule has 0 fully saturated rings. The van der Waals surface area contributed by atoms with E-state index in [1.807, 2.05) is 0 Å². The molecule has 0 unspecified atom stereocenters. The minimum Gasteiger partial charge on any atom is -0.246 e. The maximum atomic E-state index is 12.6. The van der Waals surface area contributed by atoms with Crippen LogP contribution >= 0.6 is 31.9 Å². The lowest BCUT2D eigenvalue weighted by Crippen LogP contribution is -1.81. The molecule has 9 heavy (non-hydrogen) atoms. The molecule has 0 bridgehead atoms. The Morgan fingerprint density at radius 1 is 1.44 bits per heavy atom. The lowest BCUT2D eigenvalue weighted by atomic mass is 10.5. The minimum atomic E-state index is -0.363. The molecule has 0 aromatic carbocycles. The number of rotatable bonds is 0. The van der Waals surface area contributed by atoms with Gasteiger partial charge in [-0.2, -0.15) is 0 Å². The fraction of sp³-hybridized carbons (Fsp3) is 0. The lowest BCUT2D eigenvalue weighted by molar-refractivity contribution is 0.606. The van der Waals surface area contributed by atoms with Crippen molar-refractivity contribution in [2.24, 2.45) is 0 Å². The Bertz CT molecular complexity index is 206. The van der Waals surface area contributed by atoms with Crippen LogP contribution in [0.5, 0.6) is 0 Å². The van der Waals surface area contributed by atoms with Gasteiger partial charge in [0.2, 0.25) is 0 Å². The minimum absolute atomic E-state index is 0.233. The number of nitrogens with zero attached hydrogens (tertiary/aromatic N) is 1. The van der Waals surface area contributed by atoms with Crippen LogP contribution in [0.2, 0.25) is 0 Å². The summed E-state index contributed by atoms with van der Waals surface area (Å²) >= 11 is 5.93. The van der Waals surface area contributed by atoms with Gasteiger partial charge in [0.1, 0.15) is 4.60 Å². The molecule has 0 radical (unpaired) electrons. The van der Waals surface area contributed by atoms with Crippen molar-refractivity contribution in [3.63, 3.8) is 0 Å². The van der Waals surface area contributed by atoms with Crippen molar-refractivity contribution in [3.8, 4) is 0 Å². The molecule has 0 amide bonds. The molecule has 0 aliphatic rings. The van der Waals surface area contributed by atoms with Crippen LogP contribution in [0.3, 0.4) is 0 Å². The Morgan fingerprint density at radius 3 is 2.56 bits per heavy atom. The molecular formula is C5H2Br2FN. The Balaban J connectivity index is 3.25. The normalized spacial score (nSPS) is 9.67. The highest BCUT2D eigenvalue weighted by Crippen LogP contribution is 2.19. The van der Waals surface area contributed by atoms with E-state index >= 15 is 0 Å². The third-order valence-electron chi connectivity index (χ3n) is 0.800. The van der Waals surface area contributed by atoms with Gasteiger partial charge < -0.3 is 0 Å². The van der Waals surface area contributed by atoms with Crippen LogP contribution < -0.4 is 0 Å². The summed E-state index contributed by atoms with van der Waals surface area (Å²) in [6.45, 7) is 0. The average Bonchev–Trinajstić information content (AvgIpc) is 1.83. The van der Waals surface area contributed by atoms with Gasteiger partial charge in [0.15, 0.2) is 5.82 Å². The summed E-state index contributed by atoms with van der Waals surface area (Å²) in [6, 6.07) is 1.54. The SMILES string of the molecule is Fc1c(Br)ccnc1Br. The molecule has 1 aromatic rings. The van der Waals surface area contributed by atoms with E-state index < -0.39 is 0 Å². The first-order valence-corrected chi connectivity index (χ1v) is 3.76. The molecule has 0 aliphatic carbocycles. The Labute approximate surface area is 68.6 Å². The fourth-order valence-corrected chi connectivity index (χ4v) is 1.30. The zero-order valence-electron chi connectivity index (χ0n) is 4.24. The highest BCUT2D eigenvalue weighted by molar-refractivity contribution is 9.11. The Kier molecular flexibility index (Phi) is 2.18. The first-order valence-electron chi connectivity index (χ1n) is 2.17. The van der Waals surface area contributed by atoms with Gasteiger partial charge in [-0.25, -0.2) is 9.37 Å². The van der Waals surface area contributed by atoms with Crippen LogP contribution in [0.15, 0.2) is 21.3 Å². The van der Waals surface area contributed by atoms with Gasteiger partial charge in [-0.15, -0.1) is 0 Å². The standard InChI is InChI=1S/C5H2Br2FN/c6-3-1-2-9-5(7)4(3)8/h1-2H. The van der Waals surface area contributed by atoms with E-state index in [0.29, 0.717) is 4.47 Å². The summed E-state index contributed by atoms with van der Waals surface area (Å²) in [5.74, 6) is -0.363. The van der Waals surface area contributed by atoms with E-state index in [2.05, 4.69) is 36.8 Å². The van der Waals surface area contributed by atoms with Crippen molar-refractivity contribution in [2.75, 3.05) is 0 Å². The molecule has 1 heterocycles. The van der Waals surface area contributed by atoms with E-state index in [0.717, 1.165) is 0 Å². The van der Waals surface area contributed by atoms with E-state index in [9.17, 15) is 4.39 Å². The number of hydrogen-bond acceptors (Lipinski definition) is 1. The summed E-state index contributed by atoms with van der Waals surface area (Å²) in [4.78, 5) is 3.65. The largest absolute Gasteiger partial charge is 0.246 e. The van der Waals surface area contributed by atoms with Gasteiger partial charge in [0, 0.05) is 6.20 Å². The van der Waals surface area contributed by atoms with Gasteiger partial charge >= 0.3 is 0 Å². The fourth-order valence-electron chi connectivity index (χ4n) is 0.397. The molecule has 48 valence electrons. The lowest BCUT2D eigenvalue weighted by Gasteiger charge is -1.92. The average molecular weight is 255 g/mol. The van der Waals surface area contributed by atoms with Crippen molar-refractivity contribution in [1.29, 1.82) is 0 Å². The van der Waals surface area contributed by atoms with Crippen LogP contribution in [-0.2, 0) is 0 Å². The number of halogens is 3. The quantitative estimate of drug-likeness (QED) is 0.649. The van der Waals surface area contributed by atoms with Crippen LogP contribution in [-0.4, -0.2) is 4.98 Å². The monoisotopic (exact) mass is 253 g/mol. The maximum absolute atomic E-state index is 12.6. The molecular weight excluding hydrogens is 253 g/mol. The molecule has 0 aliphatic heterocycles. The third-order valence-corrected chi connectivity index (χ3v) is 1.96. The van der Waals surface area contributed by atoms with Gasteiger partial charge in [0.05, 0.1) is 4.47 Å². The highest BCUT2D eigenvalue weighted by atomic mass is 79.9. The van der Waals surface area contributed by atoms with Crippen LogP contribution in [0.4, 0.5) is 4.39 Å². The highest BCUT2D eigenvalue weighted by Gasteiger charge is 2.01. The molecule has 1 nitrogen and oxygen atoms in total.